The van der Waals surface area contributed by atoms with Gasteiger partial charge < -0.3 is 25.2 Å². The number of ether oxygens (including phenoxy) is 2. The topological polar surface area (TPSA) is 142 Å². The van der Waals surface area contributed by atoms with Gasteiger partial charge in [0.25, 0.3) is 0 Å². The third kappa shape index (κ3) is 11.4. The van der Waals surface area contributed by atoms with E-state index in [1.165, 1.54) is 6.92 Å². The summed E-state index contributed by atoms with van der Waals surface area (Å²) in [5.74, 6) is -1.10. The van der Waals surface area contributed by atoms with E-state index in [0.29, 0.717) is 12.8 Å². The minimum atomic E-state index is -0.963. The van der Waals surface area contributed by atoms with Gasteiger partial charge >= 0.3 is 17.9 Å². The molecular weight excluding hydrogens is 272 g/mol. The lowest BCUT2D eigenvalue weighted by atomic mass is 10.2. The molecule has 0 saturated carbocycles. The predicted molar refractivity (Wildman–Crippen MR) is 67.9 cm³/mol. The van der Waals surface area contributed by atoms with Crippen LogP contribution in [0.2, 0.25) is 0 Å². The van der Waals surface area contributed by atoms with Crippen LogP contribution in [-0.4, -0.2) is 51.9 Å². The Morgan fingerprint density at radius 2 is 1.50 bits per heavy atom. The molecule has 3 atom stereocenters. The van der Waals surface area contributed by atoms with E-state index < -0.39 is 12.1 Å². The van der Waals surface area contributed by atoms with Crippen LogP contribution in [0.25, 0.3) is 0 Å². The number of aliphatic carboxylic acids is 1. The van der Waals surface area contributed by atoms with Crippen LogP contribution in [0.3, 0.4) is 0 Å². The molecule has 2 fully saturated rings. The number of aliphatic hydroxyl groups excluding tert-OH is 1. The zero-order valence-electron chi connectivity index (χ0n) is 11.8. The highest BCUT2D eigenvalue weighted by atomic mass is 16.6. The van der Waals surface area contributed by atoms with E-state index in [9.17, 15) is 14.4 Å². The first-order chi connectivity index (χ1) is 8.70. The first-order valence-electron chi connectivity index (χ1n) is 5.99. The summed E-state index contributed by atoms with van der Waals surface area (Å²) in [6, 6.07) is 0. The van der Waals surface area contributed by atoms with Crippen molar-refractivity contribution in [3.05, 3.63) is 0 Å². The van der Waals surface area contributed by atoms with Crippen molar-refractivity contribution in [2.24, 2.45) is 0 Å². The molecule has 0 radical (unpaired) electrons. The normalized spacial score (nSPS) is 23.6. The Labute approximate surface area is 117 Å². The fourth-order valence-corrected chi connectivity index (χ4v) is 1.15. The quantitative estimate of drug-likeness (QED) is 0.663. The van der Waals surface area contributed by atoms with Crippen LogP contribution in [0.1, 0.15) is 40.0 Å². The highest BCUT2D eigenvalue weighted by Crippen LogP contribution is 2.10. The van der Waals surface area contributed by atoms with E-state index in [1.807, 2.05) is 13.8 Å². The molecular formula is C12H22O8. The number of cyclic esters (lactones) is 2. The first kappa shape index (κ1) is 20.6. The van der Waals surface area contributed by atoms with Gasteiger partial charge in [0.05, 0.1) is 25.4 Å². The van der Waals surface area contributed by atoms with E-state index in [1.54, 1.807) is 0 Å². The molecule has 0 aliphatic carbocycles. The molecule has 0 amide bonds. The van der Waals surface area contributed by atoms with Gasteiger partial charge in [-0.3, -0.25) is 14.4 Å². The monoisotopic (exact) mass is 294 g/mol. The summed E-state index contributed by atoms with van der Waals surface area (Å²) >= 11 is 0. The molecule has 8 heteroatoms. The highest BCUT2D eigenvalue weighted by molar-refractivity contribution is 5.75. The van der Waals surface area contributed by atoms with E-state index in [-0.39, 0.29) is 36.0 Å². The molecule has 0 aromatic heterocycles. The highest BCUT2D eigenvalue weighted by Gasteiger charge is 2.22. The van der Waals surface area contributed by atoms with Gasteiger partial charge in [0.1, 0.15) is 12.2 Å². The van der Waals surface area contributed by atoms with E-state index in [4.69, 9.17) is 10.2 Å². The standard InChI is InChI=1S/C4H8O3.2C4H6O2.H2O/c1-3(5)2-4(6)7;2*1-3-2-4(5)6-3;/h3,5H,2H2,1H3,(H,6,7);2*3H,2H2,1H3;1H2/t2*3-;;/m01../s1. The molecule has 0 aromatic rings. The van der Waals surface area contributed by atoms with Gasteiger partial charge in [-0.05, 0) is 20.8 Å². The molecule has 0 aromatic carbocycles. The van der Waals surface area contributed by atoms with E-state index >= 15 is 0 Å². The van der Waals surface area contributed by atoms with Gasteiger partial charge in [-0.1, -0.05) is 0 Å². The summed E-state index contributed by atoms with van der Waals surface area (Å²) in [6.45, 7) is 5.19. The number of hydrogen-bond acceptors (Lipinski definition) is 6. The molecule has 8 nitrogen and oxygen atoms in total. The van der Waals surface area contributed by atoms with Gasteiger partial charge in [0.15, 0.2) is 0 Å². The molecule has 2 rings (SSSR count). The summed E-state index contributed by atoms with van der Waals surface area (Å²) in [6.07, 6.45) is 0.715. The summed E-state index contributed by atoms with van der Waals surface area (Å²) in [5.41, 5.74) is 0. The zero-order chi connectivity index (χ0) is 15.0. The molecule has 2 saturated heterocycles. The van der Waals surface area contributed by atoms with E-state index in [0.717, 1.165) is 0 Å². The average molecular weight is 294 g/mol. The van der Waals surface area contributed by atoms with Gasteiger partial charge in [0, 0.05) is 0 Å². The van der Waals surface area contributed by atoms with Crippen molar-refractivity contribution in [3.8, 4) is 0 Å². The van der Waals surface area contributed by atoms with Crippen molar-refractivity contribution in [1.29, 1.82) is 0 Å². The number of carboxylic acids is 1. The number of hydrogen-bond donors (Lipinski definition) is 2. The van der Waals surface area contributed by atoms with Gasteiger partial charge in [-0.25, -0.2) is 0 Å². The van der Waals surface area contributed by atoms with Crippen molar-refractivity contribution >= 4 is 17.9 Å². The third-order valence-electron chi connectivity index (χ3n) is 2.04. The fraction of sp³-hybridized carbons (Fsp3) is 0.750. The first-order valence-corrected chi connectivity index (χ1v) is 5.99. The summed E-state index contributed by atoms with van der Waals surface area (Å²) < 4.78 is 9.00. The maximum atomic E-state index is 9.89. The average Bonchev–Trinajstić information content (AvgIpc) is 2.13. The van der Waals surface area contributed by atoms with Crippen LogP contribution in [0.5, 0.6) is 0 Å². The lowest BCUT2D eigenvalue weighted by Gasteiger charge is -2.20. The van der Waals surface area contributed by atoms with Crippen molar-refractivity contribution in [2.75, 3.05) is 0 Å². The number of aliphatic hydroxyl groups is 1. The predicted octanol–water partition coefficient (Wildman–Crippen LogP) is -0.339. The van der Waals surface area contributed by atoms with Gasteiger partial charge in [-0.15, -0.1) is 0 Å². The molecule has 118 valence electrons. The largest absolute Gasteiger partial charge is 0.481 e. The molecule has 2 heterocycles. The van der Waals surface area contributed by atoms with Crippen LogP contribution in [0.15, 0.2) is 0 Å². The molecule has 0 bridgehead atoms. The van der Waals surface area contributed by atoms with Gasteiger partial charge in [-0.2, -0.15) is 0 Å². The molecule has 0 spiro atoms. The number of carbonyl (C=O) groups is 3. The summed E-state index contributed by atoms with van der Waals surface area (Å²) in [7, 11) is 0. The molecule has 2 aliphatic heterocycles. The Bertz CT molecular complexity index is 287. The van der Waals surface area contributed by atoms with Crippen molar-refractivity contribution in [2.45, 2.75) is 58.3 Å². The molecule has 1 unspecified atom stereocenters. The smallest absolute Gasteiger partial charge is 0.309 e. The minimum Gasteiger partial charge on any atom is -0.481 e. The Hall–Kier alpha value is -1.67. The summed E-state index contributed by atoms with van der Waals surface area (Å²) in [5, 5.41) is 16.3. The van der Waals surface area contributed by atoms with Gasteiger partial charge in [0.2, 0.25) is 0 Å². The van der Waals surface area contributed by atoms with Crippen LogP contribution >= 0.6 is 0 Å². The second-order valence-corrected chi connectivity index (χ2v) is 4.46. The van der Waals surface area contributed by atoms with Crippen LogP contribution in [-0.2, 0) is 23.9 Å². The second kappa shape index (κ2) is 10.2. The van der Waals surface area contributed by atoms with Crippen molar-refractivity contribution in [1.82, 2.24) is 0 Å². The maximum Gasteiger partial charge on any atom is 0.309 e. The Kier molecular flexibility index (Phi) is 10.5. The SMILES string of the molecule is CC1CC(=O)O1.C[C@@H]1CC(=O)O1.C[C@H](O)CC(=O)O.O. The number of carbonyl (C=O) groups excluding carboxylic acids is 2. The number of esters is 2. The van der Waals surface area contributed by atoms with Crippen molar-refractivity contribution < 1.29 is 39.5 Å². The Morgan fingerprint density at radius 3 is 1.50 bits per heavy atom. The Morgan fingerprint density at radius 1 is 1.20 bits per heavy atom. The maximum absolute atomic E-state index is 9.89. The third-order valence-corrected chi connectivity index (χ3v) is 2.04. The molecule has 4 N–H and O–H groups in total. The van der Waals surface area contributed by atoms with E-state index in [2.05, 4.69) is 9.47 Å². The Balaban J connectivity index is 0. The molecule has 2 aliphatic rings. The zero-order valence-corrected chi connectivity index (χ0v) is 11.8. The van der Waals surface area contributed by atoms with Crippen LogP contribution in [0, 0.1) is 0 Å². The van der Waals surface area contributed by atoms with Crippen molar-refractivity contribution in [3.63, 3.8) is 0 Å². The number of carboxylic acid groups (broad SMARTS) is 1. The lowest BCUT2D eigenvalue weighted by molar-refractivity contribution is -0.168. The number of rotatable bonds is 2. The minimum absolute atomic E-state index is 0. The summed E-state index contributed by atoms with van der Waals surface area (Å²) in [4.78, 5) is 29.4. The van der Waals surface area contributed by atoms with Crippen LogP contribution in [0.4, 0.5) is 0 Å². The second-order valence-electron chi connectivity index (χ2n) is 4.46. The fourth-order valence-electron chi connectivity index (χ4n) is 1.15. The lowest BCUT2D eigenvalue weighted by Crippen LogP contribution is -2.29. The van der Waals surface area contributed by atoms with Crippen LogP contribution < -0.4 is 0 Å². The molecule has 20 heavy (non-hydrogen) atoms.